The summed E-state index contributed by atoms with van der Waals surface area (Å²) in [6, 6.07) is -2.87. The number of hydrogen-bond acceptors (Lipinski definition) is 3. The lowest BCUT2D eigenvalue weighted by Crippen LogP contribution is -2.79. The minimum absolute atomic E-state index is 0.0269. The summed E-state index contributed by atoms with van der Waals surface area (Å²) >= 11 is 0.536. The highest BCUT2D eigenvalue weighted by atomic mass is 32.2. The molecule has 116 valence electrons. The lowest BCUT2D eigenvalue weighted by Gasteiger charge is -2.49. The number of urea groups is 1. The summed E-state index contributed by atoms with van der Waals surface area (Å²) < 4.78 is 78.9. The van der Waals surface area contributed by atoms with Crippen LogP contribution in [-0.4, -0.2) is 46.4 Å². The van der Waals surface area contributed by atoms with Crippen LogP contribution in [0.25, 0.3) is 0 Å². The van der Waals surface area contributed by atoms with E-state index in [0.29, 0.717) is 11.8 Å². The third-order valence-corrected chi connectivity index (χ3v) is 3.23. The molecule has 2 amide bonds. The molecular weight excluding hydrogens is 312 g/mol. The summed E-state index contributed by atoms with van der Waals surface area (Å²) in [4.78, 5) is 14.4. The van der Waals surface area contributed by atoms with Crippen LogP contribution in [0.5, 0.6) is 0 Å². The van der Waals surface area contributed by atoms with Crippen molar-refractivity contribution in [3.8, 4) is 0 Å². The quantitative estimate of drug-likeness (QED) is 0.755. The number of carbonyl (C=O) groups is 1. The molecule has 1 heterocycles. The fraction of sp³-hybridized carbons (Fsp3) is 0.778. The molecule has 4 nitrogen and oxygen atoms in total. The molecule has 0 aromatic carbocycles. The van der Waals surface area contributed by atoms with Crippen LogP contribution in [0.4, 0.5) is 31.1 Å². The topological polar surface area (TPSA) is 44.7 Å². The van der Waals surface area contributed by atoms with E-state index in [2.05, 4.69) is 4.99 Å². The number of hydrogen-bond donors (Lipinski definition) is 1. The molecular formula is C9H11F6N3OS. The Morgan fingerprint density at radius 1 is 1.20 bits per heavy atom. The lowest BCUT2D eigenvalue weighted by molar-refractivity contribution is -0.341. The highest BCUT2D eigenvalue weighted by molar-refractivity contribution is 8.13. The van der Waals surface area contributed by atoms with Crippen molar-refractivity contribution in [2.45, 2.75) is 37.9 Å². The fourth-order valence-electron chi connectivity index (χ4n) is 1.85. The second-order valence-corrected chi connectivity index (χ2v) is 4.97. The van der Waals surface area contributed by atoms with Crippen molar-refractivity contribution < 1.29 is 31.1 Å². The zero-order valence-electron chi connectivity index (χ0n) is 10.6. The molecule has 0 spiro atoms. The van der Waals surface area contributed by atoms with Gasteiger partial charge in [0.15, 0.2) is 5.17 Å². The predicted octanol–water partition coefficient (Wildman–Crippen LogP) is 2.96. The van der Waals surface area contributed by atoms with E-state index in [1.165, 1.54) is 6.26 Å². The number of rotatable bonds is 1. The van der Waals surface area contributed by atoms with E-state index in [1.54, 1.807) is 0 Å². The molecule has 0 atom stereocenters. The molecule has 1 aliphatic heterocycles. The summed E-state index contributed by atoms with van der Waals surface area (Å²) in [6.07, 6.45) is -10.3. The van der Waals surface area contributed by atoms with Crippen molar-refractivity contribution in [3.63, 3.8) is 0 Å². The molecule has 1 N–H and O–H groups in total. The van der Waals surface area contributed by atoms with Crippen LogP contribution in [0.1, 0.15) is 13.8 Å². The number of thioether (sulfide) groups is 1. The number of carbonyl (C=O) groups excluding carboxylic acids is 1. The van der Waals surface area contributed by atoms with Crippen LogP contribution >= 0.6 is 11.8 Å². The van der Waals surface area contributed by atoms with Gasteiger partial charge in [0.25, 0.3) is 0 Å². The van der Waals surface area contributed by atoms with E-state index in [1.807, 2.05) is 0 Å². The normalized spacial score (nSPS) is 20.0. The van der Waals surface area contributed by atoms with Gasteiger partial charge in [-0.1, -0.05) is 11.8 Å². The van der Waals surface area contributed by atoms with E-state index in [-0.39, 0.29) is 4.90 Å². The summed E-state index contributed by atoms with van der Waals surface area (Å²) in [7, 11) is 0. The van der Waals surface area contributed by atoms with Crippen LogP contribution in [0.15, 0.2) is 4.99 Å². The van der Waals surface area contributed by atoms with Crippen molar-refractivity contribution >= 4 is 23.0 Å². The van der Waals surface area contributed by atoms with E-state index < -0.39 is 35.3 Å². The van der Waals surface area contributed by atoms with Crippen molar-refractivity contribution in [3.05, 3.63) is 0 Å². The molecule has 0 aromatic rings. The van der Waals surface area contributed by atoms with Gasteiger partial charge in [0.1, 0.15) is 0 Å². The first-order valence-electron chi connectivity index (χ1n) is 5.26. The van der Waals surface area contributed by atoms with Crippen molar-refractivity contribution in [2.24, 2.45) is 4.99 Å². The number of aliphatic imine (C=N–C) groups is 1. The minimum atomic E-state index is -5.76. The Kier molecular flexibility index (Phi) is 4.24. The fourth-order valence-corrected chi connectivity index (χ4v) is 2.57. The second kappa shape index (κ2) is 5.01. The Bertz CT molecular complexity index is 416. The first-order chi connectivity index (χ1) is 8.88. The average molecular weight is 323 g/mol. The van der Waals surface area contributed by atoms with E-state index >= 15 is 0 Å². The molecule has 0 saturated heterocycles. The van der Waals surface area contributed by atoms with Gasteiger partial charge in [-0.3, -0.25) is 5.32 Å². The number of alkyl halides is 6. The average Bonchev–Trinajstić information content (AvgIpc) is 2.23. The molecule has 0 radical (unpaired) electrons. The highest BCUT2D eigenvalue weighted by Crippen LogP contribution is 2.48. The molecule has 11 heteroatoms. The van der Waals surface area contributed by atoms with Crippen LogP contribution in [0, 0.1) is 0 Å². The standard InChI is InChI=1S/C9H11F6N3OS/c1-4(2)18-6(20-3)16-5(19)17-7(18,8(10,11)12)9(13,14)15/h4H,1-3H3,(H,17,19). The van der Waals surface area contributed by atoms with E-state index in [0.717, 1.165) is 19.2 Å². The van der Waals surface area contributed by atoms with Crippen molar-refractivity contribution in [2.75, 3.05) is 6.26 Å². The lowest BCUT2D eigenvalue weighted by atomic mass is 10.0. The van der Waals surface area contributed by atoms with Gasteiger partial charge in [0, 0.05) is 6.04 Å². The third kappa shape index (κ3) is 2.42. The zero-order chi connectivity index (χ0) is 15.9. The predicted molar refractivity (Wildman–Crippen MR) is 61.3 cm³/mol. The minimum Gasteiger partial charge on any atom is -0.310 e. The molecule has 0 saturated carbocycles. The molecule has 20 heavy (non-hydrogen) atoms. The molecule has 0 aliphatic carbocycles. The van der Waals surface area contributed by atoms with Gasteiger partial charge in [0.2, 0.25) is 0 Å². The van der Waals surface area contributed by atoms with Gasteiger partial charge in [0.05, 0.1) is 0 Å². The van der Waals surface area contributed by atoms with Crippen LogP contribution < -0.4 is 5.32 Å². The maximum Gasteiger partial charge on any atom is 0.440 e. The van der Waals surface area contributed by atoms with Crippen LogP contribution in [0.3, 0.4) is 0 Å². The van der Waals surface area contributed by atoms with Gasteiger partial charge in [-0.15, -0.1) is 0 Å². The number of nitrogens with one attached hydrogen (secondary N) is 1. The Morgan fingerprint density at radius 3 is 1.95 bits per heavy atom. The number of amidine groups is 1. The monoisotopic (exact) mass is 323 g/mol. The number of amides is 2. The molecule has 0 aromatic heterocycles. The van der Waals surface area contributed by atoms with Gasteiger partial charge >= 0.3 is 24.0 Å². The Morgan fingerprint density at radius 2 is 1.65 bits per heavy atom. The zero-order valence-corrected chi connectivity index (χ0v) is 11.4. The molecule has 1 aliphatic rings. The maximum absolute atomic E-state index is 13.1. The molecule has 0 fully saturated rings. The van der Waals surface area contributed by atoms with Crippen LogP contribution in [-0.2, 0) is 0 Å². The van der Waals surface area contributed by atoms with Crippen molar-refractivity contribution in [1.82, 2.24) is 10.2 Å². The van der Waals surface area contributed by atoms with Gasteiger partial charge in [-0.2, -0.15) is 31.3 Å². The Balaban J connectivity index is 3.64. The summed E-state index contributed by atoms with van der Waals surface area (Å²) in [6.45, 7) is 2.30. The van der Waals surface area contributed by atoms with Crippen molar-refractivity contribution in [1.29, 1.82) is 0 Å². The number of nitrogens with zero attached hydrogens (tertiary/aromatic N) is 2. The molecule has 1 rings (SSSR count). The van der Waals surface area contributed by atoms with Gasteiger partial charge in [-0.25, -0.2) is 4.79 Å². The maximum atomic E-state index is 13.1. The van der Waals surface area contributed by atoms with Gasteiger partial charge < -0.3 is 4.90 Å². The first kappa shape index (κ1) is 16.9. The third-order valence-electron chi connectivity index (χ3n) is 2.57. The smallest absolute Gasteiger partial charge is 0.310 e. The molecule has 0 bridgehead atoms. The number of halogens is 6. The second-order valence-electron chi connectivity index (χ2n) is 4.20. The summed E-state index contributed by atoms with van der Waals surface area (Å²) in [5, 5.41) is 0.301. The molecule has 0 unspecified atom stereocenters. The summed E-state index contributed by atoms with van der Waals surface area (Å²) in [5.74, 6) is 0. The Hall–Kier alpha value is -1.13. The van der Waals surface area contributed by atoms with E-state index in [4.69, 9.17) is 0 Å². The Labute approximate surface area is 114 Å². The largest absolute Gasteiger partial charge is 0.440 e. The van der Waals surface area contributed by atoms with Gasteiger partial charge in [-0.05, 0) is 20.1 Å². The van der Waals surface area contributed by atoms with Crippen LogP contribution in [0.2, 0.25) is 0 Å². The SMILES string of the molecule is CSC1=NC(=O)NC(C(F)(F)F)(C(F)(F)F)N1C(C)C. The summed E-state index contributed by atoms with van der Waals surface area (Å²) in [5.41, 5.74) is -4.48. The first-order valence-corrected chi connectivity index (χ1v) is 6.48. The highest BCUT2D eigenvalue weighted by Gasteiger charge is 2.77. The van der Waals surface area contributed by atoms with E-state index in [9.17, 15) is 31.1 Å².